The van der Waals surface area contributed by atoms with E-state index in [1.165, 1.54) is 0 Å². The van der Waals surface area contributed by atoms with Gasteiger partial charge in [-0.2, -0.15) is 0 Å². The van der Waals surface area contributed by atoms with Crippen molar-refractivity contribution in [2.45, 2.75) is 56.9 Å². The first-order valence-corrected chi connectivity index (χ1v) is 9.07. The molecule has 2 amide bonds. The number of nitrogens with one attached hydrogen (secondary N) is 1. The Labute approximate surface area is 142 Å². The van der Waals surface area contributed by atoms with Crippen LogP contribution in [0, 0.1) is 0 Å². The van der Waals surface area contributed by atoms with Gasteiger partial charge in [0.15, 0.2) is 0 Å². The number of thioether (sulfide) groups is 1. The van der Waals surface area contributed by atoms with Gasteiger partial charge in [0.2, 0.25) is 11.8 Å². The molecule has 2 fully saturated rings. The van der Waals surface area contributed by atoms with Crippen LogP contribution in [0.4, 0.5) is 5.69 Å². The van der Waals surface area contributed by atoms with E-state index in [1.807, 2.05) is 24.3 Å². The van der Waals surface area contributed by atoms with Crippen molar-refractivity contribution in [1.82, 2.24) is 4.90 Å². The summed E-state index contributed by atoms with van der Waals surface area (Å²) in [5, 5.41) is 3.06. The molecule has 1 aromatic carbocycles. The lowest BCUT2D eigenvalue weighted by Gasteiger charge is -2.30. The molecule has 3 rings (SSSR count). The van der Waals surface area contributed by atoms with Crippen molar-refractivity contribution in [1.29, 1.82) is 0 Å². The molecular formula is C18H24N2O2S. The minimum Gasteiger partial charge on any atom is -0.324 e. The molecule has 1 N–H and O–H groups in total. The number of amides is 2. The first kappa shape index (κ1) is 16.4. The smallest absolute Gasteiger partial charge is 0.248 e. The van der Waals surface area contributed by atoms with E-state index in [9.17, 15) is 9.59 Å². The molecule has 124 valence electrons. The Morgan fingerprint density at radius 3 is 2.74 bits per heavy atom. The molecule has 0 radical (unpaired) electrons. The lowest BCUT2D eigenvalue weighted by atomic mass is 9.86. The maximum Gasteiger partial charge on any atom is 0.248 e. The quantitative estimate of drug-likeness (QED) is 0.903. The maximum atomic E-state index is 12.8. The second-order valence-corrected chi connectivity index (χ2v) is 9.05. The van der Waals surface area contributed by atoms with E-state index in [0.717, 1.165) is 17.7 Å². The lowest BCUT2D eigenvalue weighted by molar-refractivity contribution is -0.135. The summed E-state index contributed by atoms with van der Waals surface area (Å²) < 4.78 is 0. The fourth-order valence-corrected chi connectivity index (χ4v) is 4.91. The van der Waals surface area contributed by atoms with Gasteiger partial charge in [-0.05, 0) is 30.4 Å². The fraction of sp³-hybridized carbons (Fsp3) is 0.556. The number of benzene rings is 1. The van der Waals surface area contributed by atoms with Crippen LogP contribution in [-0.2, 0) is 15.0 Å². The molecule has 2 aliphatic rings. The summed E-state index contributed by atoms with van der Waals surface area (Å²) in [5.41, 5.74) is 1.90. The molecule has 0 bridgehead atoms. The van der Waals surface area contributed by atoms with Crippen molar-refractivity contribution >= 4 is 29.3 Å². The Bertz CT molecular complexity index is 653. The predicted octanol–water partition coefficient (Wildman–Crippen LogP) is 3.38. The first-order valence-electron chi connectivity index (χ1n) is 8.09. The molecule has 23 heavy (non-hydrogen) atoms. The third kappa shape index (κ3) is 2.87. The summed E-state index contributed by atoms with van der Waals surface area (Å²) in [6.07, 6.45) is 1.38. The molecule has 0 aromatic heterocycles. The normalized spacial score (nSPS) is 27.2. The summed E-state index contributed by atoms with van der Waals surface area (Å²) in [7, 11) is 0. The zero-order chi connectivity index (χ0) is 16.8. The van der Waals surface area contributed by atoms with Crippen molar-refractivity contribution in [3.8, 4) is 0 Å². The molecule has 0 saturated carbocycles. The second-order valence-electron chi connectivity index (χ2n) is 7.55. The predicted molar refractivity (Wildman–Crippen MR) is 94.5 cm³/mol. The van der Waals surface area contributed by atoms with E-state index >= 15 is 0 Å². The Morgan fingerprint density at radius 1 is 1.35 bits per heavy atom. The summed E-state index contributed by atoms with van der Waals surface area (Å²) in [6, 6.07) is 7.53. The Kier molecular flexibility index (Phi) is 3.95. The van der Waals surface area contributed by atoms with E-state index in [-0.39, 0.29) is 28.1 Å². The van der Waals surface area contributed by atoms with E-state index in [1.54, 1.807) is 16.7 Å². The number of anilines is 1. The van der Waals surface area contributed by atoms with Crippen LogP contribution in [-0.4, -0.2) is 33.4 Å². The van der Waals surface area contributed by atoms with Gasteiger partial charge in [0.1, 0.15) is 6.04 Å². The summed E-state index contributed by atoms with van der Waals surface area (Å²) in [4.78, 5) is 26.6. The van der Waals surface area contributed by atoms with Crippen molar-refractivity contribution in [3.05, 3.63) is 29.8 Å². The summed E-state index contributed by atoms with van der Waals surface area (Å²) in [6.45, 7) is 8.46. The van der Waals surface area contributed by atoms with Crippen LogP contribution in [0.5, 0.6) is 0 Å². The Hall–Kier alpha value is -1.49. The fourth-order valence-electron chi connectivity index (χ4n) is 3.48. The minimum atomic E-state index is -0.368. The van der Waals surface area contributed by atoms with Gasteiger partial charge in [0, 0.05) is 17.9 Å². The van der Waals surface area contributed by atoms with Crippen molar-refractivity contribution in [2.75, 3.05) is 11.1 Å². The molecule has 2 heterocycles. The highest BCUT2D eigenvalue weighted by Gasteiger charge is 2.52. The zero-order valence-electron chi connectivity index (χ0n) is 14.2. The van der Waals surface area contributed by atoms with Crippen LogP contribution in [0.1, 0.15) is 46.1 Å². The van der Waals surface area contributed by atoms with Gasteiger partial charge < -0.3 is 10.2 Å². The summed E-state index contributed by atoms with van der Waals surface area (Å²) in [5.74, 6) is 0.695. The average molecular weight is 332 g/mol. The zero-order valence-corrected chi connectivity index (χ0v) is 15.0. The number of carbonyl (C=O) groups is 2. The molecule has 2 aliphatic heterocycles. The Morgan fingerprint density at radius 2 is 2.04 bits per heavy atom. The van der Waals surface area contributed by atoms with Gasteiger partial charge >= 0.3 is 0 Å². The number of para-hydroxylation sites is 1. The highest BCUT2D eigenvalue weighted by atomic mass is 32.2. The molecule has 4 nitrogen and oxygen atoms in total. The number of rotatable bonds is 2. The highest BCUT2D eigenvalue weighted by Crippen LogP contribution is 2.47. The number of hydrogen-bond acceptors (Lipinski definition) is 3. The van der Waals surface area contributed by atoms with E-state index < -0.39 is 0 Å². The topological polar surface area (TPSA) is 49.4 Å². The highest BCUT2D eigenvalue weighted by molar-refractivity contribution is 8.01. The average Bonchev–Trinajstić information content (AvgIpc) is 2.95. The van der Waals surface area contributed by atoms with Crippen LogP contribution >= 0.6 is 11.8 Å². The van der Waals surface area contributed by atoms with Crippen molar-refractivity contribution < 1.29 is 9.59 Å². The number of hydrogen-bond donors (Lipinski definition) is 1. The minimum absolute atomic E-state index is 0.0493. The molecule has 0 aliphatic carbocycles. The molecular weight excluding hydrogens is 308 g/mol. The van der Waals surface area contributed by atoms with Gasteiger partial charge in [-0.15, -0.1) is 11.8 Å². The van der Waals surface area contributed by atoms with Gasteiger partial charge in [-0.1, -0.05) is 39.0 Å². The van der Waals surface area contributed by atoms with Crippen molar-refractivity contribution in [2.24, 2.45) is 0 Å². The van der Waals surface area contributed by atoms with Crippen LogP contribution in [0.15, 0.2) is 24.3 Å². The Balaban J connectivity index is 1.83. The monoisotopic (exact) mass is 332 g/mol. The second kappa shape index (κ2) is 5.55. The van der Waals surface area contributed by atoms with Crippen LogP contribution in [0.2, 0.25) is 0 Å². The molecule has 1 aromatic rings. The number of fused-ring (bicyclic) bond motifs is 1. The van der Waals surface area contributed by atoms with Crippen LogP contribution in [0.3, 0.4) is 0 Å². The molecule has 5 heteroatoms. The van der Waals surface area contributed by atoms with E-state index in [2.05, 4.69) is 33.0 Å². The maximum absolute atomic E-state index is 12.8. The lowest BCUT2D eigenvalue weighted by Crippen LogP contribution is -2.48. The van der Waals surface area contributed by atoms with Gasteiger partial charge in [-0.3, -0.25) is 9.59 Å². The molecule has 0 unspecified atom stereocenters. The van der Waals surface area contributed by atoms with Gasteiger partial charge in [-0.25, -0.2) is 0 Å². The number of nitrogens with zero attached hydrogens (tertiary/aromatic N) is 1. The molecule has 2 atom stereocenters. The number of carbonyl (C=O) groups excluding carboxylic acids is 2. The third-order valence-corrected chi connectivity index (χ3v) is 6.25. The largest absolute Gasteiger partial charge is 0.324 e. The van der Waals surface area contributed by atoms with E-state index in [4.69, 9.17) is 0 Å². The molecule has 0 spiro atoms. The standard InChI is InChI=1S/C18H24N2O2S/c1-17(2,3)12-7-5-6-8-13(12)19-16(22)14-11-23-18(4)10-9-15(21)20(14)18/h5-8,14H,9-11H2,1-4H3,(H,19,22)/t14-,18+/m0/s1. The first-order chi connectivity index (χ1) is 10.7. The third-order valence-electron chi connectivity index (χ3n) is 4.74. The molecule has 2 saturated heterocycles. The van der Waals surface area contributed by atoms with Crippen LogP contribution < -0.4 is 5.32 Å². The van der Waals surface area contributed by atoms with E-state index in [0.29, 0.717) is 12.2 Å². The summed E-state index contributed by atoms with van der Waals surface area (Å²) >= 11 is 1.72. The van der Waals surface area contributed by atoms with Gasteiger partial charge in [0.05, 0.1) is 4.87 Å². The van der Waals surface area contributed by atoms with Crippen molar-refractivity contribution in [3.63, 3.8) is 0 Å². The SMILES string of the molecule is CC(C)(C)c1ccccc1NC(=O)[C@@H]1CS[C@]2(C)CCC(=O)N12. The van der Waals surface area contributed by atoms with Gasteiger partial charge in [0.25, 0.3) is 0 Å². The van der Waals surface area contributed by atoms with Crippen LogP contribution in [0.25, 0.3) is 0 Å².